The van der Waals surface area contributed by atoms with Gasteiger partial charge in [-0.25, -0.2) is 8.78 Å². The second-order valence-electron chi connectivity index (χ2n) is 3.65. The molecule has 0 aliphatic carbocycles. The number of rotatable bonds is 6. The minimum Gasteiger partial charge on any atom is -0.329 e. The molecule has 5 nitrogen and oxygen atoms in total. The molecule has 1 rings (SSSR count). The van der Waals surface area contributed by atoms with Crippen LogP contribution in [0.15, 0.2) is 0 Å². The molecule has 0 unspecified atom stereocenters. The molecule has 96 valence electrons. The van der Waals surface area contributed by atoms with Crippen LogP contribution >= 0.6 is 0 Å². The molecule has 8 heteroatoms. The summed E-state index contributed by atoms with van der Waals surface area (Å²) in [5.41, 5.74) is 5.23. The molecule has 0 spiro atoms. The van der Waals surface area contributed by atoms with Crippen molar-refractivity contribution in [1.82, 2.24) is 8.61 Å². The van der Waals surface area contributed by atoms with Crippen LogP contribution in [-0.4, -0.2) is 56.2 Å². The minimum absolute atomic E-state index is 0.0415. The van der Waals surface area contributed by atoms with Crippen molar-refractivity contribution < 1.29 is 17.2 Å². The highest BCUT2D eigenvalue weighted by molar-refractivity contribution is 7.86. The quantitative estimate of drug-likeness (QED) is 0.720. The molecule has 1 saturated heterocycles. The van der Waals surface area contributed by atoms with Crippen molar-refractivity contribution in [2.24, 2.45) is 5.73 Å². The number of hydrogen-bond acceptors (Lipinski definition) is 3. The third-order valence-corrected chi connectivity index (χ3v) is 4.44. The van der Waals surface area contributed by atoms with Gasteiger partial charge in [0.15, 0.2) is 0 Å². The highest BCUT2D eigenvalue weighted by Gasteiger charge is 2.32. The van der Waals surface area contributed by atoms with E-state index in [0.29, 0.717) is 13.1 Å². The van der Waals surface area contributed by atoms with E-state index in [1.807, 2.05) is 0 Å². The van der Waals surface area contributed by atoms with Gasteiger partial charge in [-0.15, -0.1) is 0 Å². The number of nitrogens with two attached hydrogens (primary N) is 1. The minimum atomic E-state index is -3.75. The summed E-state index contributed by atoms with van der Waals surface area (Å²) in [7, 11) is -3.75. The molecule has 16 heavy (non-hydrogen) atoms. The van der Waals surface area contributed by atoms with Crippen molar-refractivity contribution in [3.05, 3.63) is 0 Å². The van der Waals surface area contributed by atoms with Crippen LogP contribution in [-0.2, 0) is 10.2 Å². The topological polar surface area (TPSA) is 66.6 Å². The SMILES string of the molecule is NCCN(CC(F)F)S(=O)(=O)N1CCCC1. The Hall–Kier alpha value is -0.310. The van der Waals surface area contributed by atoms with E-state index in [9.17, 15) is 17.2 Å². The normalized spacial score (nSPS) is 18.8. The summed E-state index contributed by atoms with van der Waals surface area (Å²) < 4.78 is 50.4. The second kappa shape index (κ2) is 5.85. The summed E-state index contributed by atoms with van der Waals surface area (Å²) in [4.78, 5) is 0. The number of hydrogen-bond donors (Lipinski definition) is 1. The third kappa shape index (κ3) is 3.34. The number of nitrogens with zero attached hydrogens (tertiary/aromatic N) is 2. The molecule has 0 aromatic rings. The fourth-order valence-electron chi connectivity index (χ4n) is 1.68. The van der Waals surface area contributed by atoms with Crippen LogP contribution in [0.2, 0.25) is 0 Å². The summed E-state index contributed by atoms with van der Waals surface area (Å²) in [6, 6.07) is 0. The van der Waals surface area contributed by atoms with Crippen LogP contribution in [0.1, 0.15) is 12.8 Å². The lowest BCUT2D eigenvalue weighted by molar-refractivity contribution is 0.118. The average molecular weight is 257 g/mol. The first-order chi connectivity index (χ1) is 7.48. The lowest BCUT2D eigenvalue weighted by Gasteiger charge is -2.26. The second-order valence-corrected chi connectivity index (χ2v) is 5.58. The van der Waals surface area contributed by atoms with Crippen LogP contribution < -0.4 is 5.73 Å². The van der Waals surface area contributed by atoms with Gasteiger partial charge >= 0.3 is 0 Å². The molecule has 1 fully saturated rings. The third-order valence-electron chi connectivity index (χ3n) is 2.44. The van der Waals surface area contributed by atoms with E-state index in [-0.39, 0.29) is 13.1 Å². The summed E-state index contributed by atoms with van der Waals surface area (Å²) in [5.74, 6) is 0. The fourth-order valence-corrected chi connectivity index (χ4v) is 3.36. The Balaban J connectivity index is 2.74. The predicted molar refractivity (Wildman–Crippen MR) is 56.4 cm³/mol. The lowest BCUT2D eigenvalue weighted by atomic mass is 10.4. The first kappa shape index (κ1) is 13.8. The summed E-state index contributed by atoms with van der Waals surface area (Å²) in [6.45, 7) is 0.0122. The maximum Gasteiger partial charge on any atom is 0.282 e. The highest BCUT2D eigenvalue weighted by Crippen LogP contribution is 2.17. The van der Waals surface area contributed by atoms with Crippen LogP contribution in [0.3, 0.4) is 0 Å². The van der Waals surface area contributed by atoms with Gasteiger partial charge in [0, 0.05) is 26.2 Å². The van der Waals surface area contributed by atoms with Crippen molar-refractivity contribution in [1.29, 1.82) is 0 Å². The zero-order valence-electron chi connectivity index (χ0n) is 8.98. The Kier molecular flexibility index (Phi) is 5.03. The van der Waals surface area contributed by atoms with Crippen molar-refractivity contribution in [2.75, 3.05) is 32.7 Å². The van der Waals surface area contributed by atoms with Crippen LogP contribution in [0.4, 0.5) is 8.78 Å². The van der Waals surface area contributed by atoms with E-state index < -0.39 is 23.2 Å². The molecular formula is C8H17F2N3O2S. The van der Waals surface area contributed by atoms with E-state index in [1.54, 1.807) is 0 Å². The van der Waals surface area contributed by atoms with Gasteiger partial charge in [0.25, 0.3) is 16.6 Å². The van der Waals surface area contributed by atoms with Gasteiger partial charge in [0.2, 0.25) is 0 Å². The molecule has 1 heterocycles. The van der Waals surface area contributed by atoms with Gasteiger partial charge < -0.3 is 5.73 Å². The van der Waals surface area contributed by atoms with Crippen molar-refractivity contribution >= 4 is 10.2 Å². The first-order valence-electron chi connectivity index (χ1n) is 5.22. The van der Waals surface area contributed by atoms with E-state index in [0.717, 1.165) is 17.1 Å². The Bertz CT molecular complexity index is 304. The fraction of sp³-hybridized carbons (Fsp3) is 1.00. The van der Waals surface area contributed by atoms with Crippen molar-refractivity contribution in [3.8, 4) is 0 Å². The molecule has 0 aromatic carbocycles. The number of alkyl halides is 2. The van der Waals surface area contributed by atoms with Gasteiger partial charge in [-0.3, -0.25) is 0 Å². The Morgan fingerprint density at radius 2 is 1.88 bits per heavy atom. The first-order valence-corrected chi connectivity index (χ1v) is 6.61. The Labute approximate surface area is 94.4 Å². The van der Waals surface area contributed by atoms with Crippen LogP contribution in [0, 0.1) is 0 Å². The molecule has 0 radical (unpaired) electrons. The van der Waals surface area contributed by atoms with Crippen LogP contribution in [0.5, 0.6) is 0 Å². The Morgan fingerprint density at radius 1 is 1.31 bits per heavy atom. The van der Waals surface area contributed by atoms with E-state index >= 15 is 0 Å². The zero-order valence-corrected chi connectivity index (χ0v) is 9.80. The largest absolute Gasteiger partial charge is 0.329 e. The van der Waals surface area contributed by atoms with Gasteiger partial charge in [-0.2, -0.15) is 17.0 Å². The molecule has 0 aromatic heterocycles. The molecule has 1 aliphatic rings. The van der Waals surface area contributed by atoms with Gasteiger partial charge in [-0.05, 0) is 12.8 Å². The van der Waals surface area contributed by atoms with Gasteiger partial charge in [0.1, 0.15) is 0 Å². The number of halogens is 2. The highest BCUT2D eigenvalue weighted by atomic mass is 32.2. The monoisotopic (exact) mass is 257 g/mol. The van der Waals surface area contributed by atoms with Gasteiger partial charge in [0.05, 0.1) is 6.54 Å². The molecule has 0 saturated carbocycles. The van der Waals surface area contributed by atoms with Crippen molar-refractivity contribution in [3.63, 3.8) is 0 Å². The molecule has 2 N–H and O–H groups in total. The summed E-state index contributed by atoms with van der Waals surface area (Å²) in [6.07, 6.45) is -1.11. The average Bonchev–Trinajstić information content (AvgIpc) is 2.69. The molecule has 0 atom stereocenters. The lowest BCUT2D eigenvalue weighted by Crippen LogP contribution is -2.46. The Morgan fingerprint density at radius 3 is 2.31 bits per heavy atom. The molecule has 1 aliphatic heterocycles. The summed E-state index contributed by atoms with van der Waals surface area (Å²) >= 11 is 0. The van der Waals surface area contributed by atoms with Crippen LogP contribution in [0.25, 0.3) is 0 Å². The summed E-state index contributed by atoms with van der Waals surface area (Å²) in [5, 5.41) is 0. The smallest absolute Gasteiger partial charge is 0.282 e. The van der Waals surface area contributed by atoms with E-state index in [1.165, 1.54) is 4.31 Å². The molecule has 0 bridgehead atoms. The standard InChI is InChI=1S/C8H17F2N3O2S/c9-8(10)7-13(6-3-11)16(14,15)12-4-1-2-5-12/h8H,1-7,11H2. The van der Waals surface area contributed by atoms with E-state index in [4.69, 9.17) is 5.73 Å². The van der Waals surface area contributed by atoms with E-state index in [2.05, 4.69) is 0 Å². The zero-order chi connectivity index (χ0) is 12.2. The van der Waals surface area contributed by atoms with Gasteiger partial charge in [-0.1, -0.05) is 0 Å². The maximum atomic E-state index is 12.3. The predicted octanol–water partition coefficient (Wildman–Crippen LogP) is -0.147. The molecule has 0 amide bonds. The molecular weight excluding hydrogens is 240 g/mol. The van der Waals surface area contributed by atoms with Crippen molar-refractivity contribution in [2.45, 2.75) is 19.3 Å². The maximum absolute atomic E-state index is 12.3.